The molecule has 1 aromatic heterocycles. The number of aromatic amines is 1. The maximum absolute atomic E-state index is 13.2. The van der Waals surface area contributed by atoms with Crippen molar-refractivity contribution < 1.29 is 9.53 Å². The number of hydrogen-bond donors (Lipinski definition) is 2. The third-order valence-electron chi connectivity index (χ3n) is 5.35. The van der Waals surface area contributed by atoms with Crippen LogP contribution >= 0.6 is 11.6 Å². The molecule has 0 radical (unpaired) electrons. The van der Waals surface area contributed by atoms with Crippen LogP contribution in [-0.4, -0.2) is 23.0 Å². The second-order valence-electron chi connectivity index (χ2n) is 7.86. The minimum Gasteiger partial charge on any atom is -0.497 e. The van der Waals surface area contributed by atoms with Crippen LogP contribution in [0.2, 0.25) is 5.02 Å². The first-order valence-electron chi connectivity index (χ1n) is 10.5. The number of nitrogens with zero attached hydrogens (tertiary/aromatic N) is 1. The number of rotatable bonds is 6. The molecule has 0 bridgehead atoms. The topological polar surface area (TPSA) is 74.4 Å². The molecule has 33 heavy (non-hydrogen) atoms. The molecule has 168 valence electrons. The molecular formula is C26H24ClN3O3. The van der Waals surface area contributed by atoms with E-state index in [1.165, 1.54) is 0 Å². The Morgan fingerprint density at radius 3 is 2.42 bits per heavy atom. The second-order valence-corrected chi connectivity index (χ2v) is 8.29. The summed E-state index contributed by atoms with van der Waals surface area (Å²) in [7, 11) is 1.59. The molecule has 0 aliphatic rings. The maximum Gasteiger partial charge on any atom is 0.322 e. The highest BCUT2D eigenvalue weighted by Gasteiger charge is 2.17. The molecule has 0 atom stereocenters. The van der Waals surface area contributed by atoms with Crippen molar-refractivity contribution in [2.45, 2.75) is 20.0 Å². The molecule has 6 nitrogen and oxygen atoms in total. The molecule has 3 aromatic carbocycles. The molecular weight excluding hydrogens is 438 g/mol. The zero-order valence-corrected chi connectivity index (χ0v) is 19.1. The van der Waals surface area contributed by atoms with Crippen LogP contribution in [0.1, 0.15) is 16.7 Å². The number of pyridine rings is 1. The van der Waals surface area contributed by atoms with E-state index in [9.17, 15) is 9.59 Å². The summed E-state index contributed by atoms with van der Waals surface area (Å²) in [6.45, 7) is 2.45. The summed E-state index contributed by atoms with van der Waals surface area (Å²) in [4.78, 5) is 30.5. The predicted octanol–water partition coefficient (Wildman–Crippen LogP) is 5.73. The van der Waals surface area contributed by atoms with E-state index in [0.717, 1.165) is 22.0 Å². The van der Waals surface area contributed by atoms with Crippen molar-refractivity contribution >= 4 is 34.2 Å². The second kappa shape index (κ2) is 9.79. The van der Waals surface area contributed by atoms with E-state index in [1.54, 1.807) is 48.4 Å². The molecule has 4 rings (SSSR count). The van der Waals surface area contributed by atoms with Crippen LogP contribution in [0.5, 0.6) is 5.75 Å². The highest BCUT2D eigenvalue weighted by atomic mass is 35.5. The number of halogens is 1. The summed E-state index contributed by atoms with van der Waals surface area (Å²) >= 11 is 6.01. The molecule has 0 unspecified atom stereocenters. The number of amides is 2. The van der Waals surface area contributed by atoms with Crippen molar-refractivity contribution in [2.24, 2.45) is 0 Å². The number of aryl methyl sites for hydroxylation is 1. The van der Waals surface area contributed by atoms with Gasteiger partial charge in [-0.3, -0.25) is 4.79 Å². The first-order chi connectivity index (χ1) is 15.9. The highest BCUT2D eigenvalue weighted by Crippen LogP contribution is 2.19. The van der Waals surface area contributed by atoms with Gasteiger partial charge in [0.1, 0.15) is 5.75 Å². The standard InChI is InChI=1S/C26H24ClN3O3/c1-17-3-12-24-19(13-17)14-20(25(31)29-24)16-30(15-18-4-6-21(27)7-5-18)26(32)28-22-8-10-23(33-2)11-9-22/h3-14H,15-16H2,1-2H3,(H,28,32)(H,29,31). The van der Waals surface area contributed by atoms with Gasteiger partial charge in [0, 0.05) is 28.3 Å². The van der Waals surface area contributed by atoms with Crippen molar-refractivity contribution in [1.82, 2.24) is 9.88 Å². The Labute approximate surface area is 196 Å². The summed E-state index contributed by atoms with van der Waals surface area (Å²) in [6.07, 6.45) is 0. The van der Waals surface area contributed by atoms with E-state index < -0.39 is 0 Å². The molecule has 0 aliphatic heterocycles. The number of hydrogen-bond acceptors (Lipinski definition) is 3. The van der Waals surface area contributed by atoms with E-state index in [4.69, 9.17) is 16.3 Å². The van der Waals surface area contributed by atoms with Crippen LogP contribution in [0.3, 0.4) is 0 Å². The summed E-state index contributed by atoms with van der Waals surface area (Å²) in [5.41, 5.74) is 3.68. The molecule has 0 spiro atoms. The lowest BCUT2D eigenvalue weighted by Crippen LogP contribution is -2.35. The van der Waals surface area contributed by atoms with Crippen molar-refractivity contribution in [3.8, 4) is 5.75 Å². The minimum atomic E-state index is -0.321. The lowest BCUT2D eigenvalue weighted by atomic mass is 10.1. The molecule has 7 heteroatoms. The number of nitrogens with one attached hydrogen (secondary N) is 2. The van der Waals surface area contributed by atoms with Gasteiger partial charge in [0.25, 0.3) is 5.56 Å². The molecule has 2 amide bonds. The van der Waals surface area contributed by atoms with Gasteiger partial charge in [0.15, 0.2) is 0 Å². The normalized spacial score (nSPS) is 10.8. The van der Waals surface area contributed by atoms with Gasteiger partial charge >= 0.3 is 6.03 Å². The number of benzene rings is 3. The largest absolute Gasteiger partial charge is 0.497 e. The number of urea groups is 1. The number of anilines is 1. The lowest BCUT2D eigenvalue weighted by Gasteiger charge is -2.23. The van der Waals surface area contributed by atoms with Crippen molar-refractivity contribution in [2.75, 3.05) is 12.4 Å². The van der Waals surface area contributed by atoms with Gasteiger partial charge in [-0.1, -0.05) is 35.4 Å². The summed E-state index contributed by atoms with van der Waals surface area (Å²) in [5.74, 6) is 0.698. The molecule has 4 aromatic rings. The van der Waals surface area contributed by atoms with Gasteiger partial charge in [-0.2, -0.15) is 0 Å². The van der Waals surface area contributed by atoms with E-state index in [0.29, 0.717) is 28.6 Å². The Hall–Kier alpha value is -3.77. The predicted molar refractivity (Wildman–Crippen MR) is 132 cm³/mol. The maximum atomic E-state index is 13.2. The number of carbonyl (C=O) groups is 1. The number of methoxy groups -OCH3 is 1. The molecule has 0 saturated heterocycles. The van der Waals surface area contributed by atoms with Crippen LogP contribution in [-0.2, 0) is 13.1 Å². The number of carbonyl (C=O) groups excluding carboxylic acids is 1. The van der Waals surface area contributed by atoms with Crippen molar-refractivity contribution in [3.63, 3.8) is 0 Å². The zero-order chi connectivity index (χ0) is 23.4. The number of H-pyrrole nitrogens is 1. The monoisotopic (exact) mass is 461 g/mol. The van der Waals surface area contributed by atoms with Crippen LogP contribution in [0.25, 0.3) is 10.9 Å². The Morgan fingerprint density at radius 1 is 1.00 bits per heavy atom. The lowest BCUT2D eigenvalue weighted by molar-refractivity contribution is 0.206. The van der Waals surface area contributed by atoms with E-state index >= 15 is 0 Å². The SMILES string of the molecule is COc1ccc(NC(=O)N(Cc2ccc(Cl)cc2)Cc2cc3cc(C)ccc3[nH]c2=O)cc1. The van der Waals surface area contributed by atoms with Crippen LogP contribution < -0.4 is 15.6 Å². The van der Waals surface area contributed by atoms with Crippen molar-refractivity contribution in [3.05, 3.63) is 105 Å². The number of ether oxygens (including phenoxy) is 1. The summed E-state index contributed by atoms with van der Waals surface area (Å²) in [5, 5.41) is 4.45. The number of aromatic nitrogens is 1. The summed E-state index contributed by atoms with van der Waals surface area (Å²) < 4.78 is 5.17. The minimum absolute atomic E-state index is 0.143. The van der Waals surface area contributed by atoms with Gasteiger partial charge in [0.05, 0.1) is 13.7 Å². The Bertz CT molecular complexity index is 1330. The Kier molecular flexibility index (Phi) is 6.66. The Morgan fingerprint density at radius 2 is 1.73 bits per heavy atom. The van der Waals surface area contributed by atoms with Crippen LogP contribution in [0.4, 0.5) is 10.5 Å². The van der Waals surface area contributed by atoms with Gasteiger partial charge in [-0.15, -0.1) is 0 Å². The first-order valence-corrected chi connectivity index (χ1v) is 10.9. The smallest absolute Gasteiger partial charge is 0.322 e. The van der Waals surface area contributed by atoms with E-state index in [2.05, 4.69) is 10.3 Å². The summed E-state index contributed by atoms with van der Waals surface area (Å²) in [6, 6.07) is 21.7. The average Bonchev–Trinajstić information content (AvgIpc) is 2.81. The van der Waals surface area contributed by atoms with E-state index in [1.807, 2.05) is 43.3 Å². The molecule has 0 saturated carbocycles. The molecule has 1 heterocycles. The quantitative estimate of drug-likeness (QED) is 0.385. The van der Waals surface area contributed by atoms with E-state index in [-0.39, 0.29) is 18.1 Å². The van der Waals surface area contributed by atoms with Gasteiger partial charge in [-0.25, -0.2) is 4.79 Å². The first kappa shape index (κ1) is 22.4. The third-order valence-corrected chi connectivity index (χ3v) is 5.61. The molecule has 0 aliphatic carbocycles. The van der Waals surface area contributed by atoms with Gasteiger partial charge in [-0.05, 0) is 72.5 Å². The van der Waals surface area contributed by atoms with Crippen LogP contribution in [0.15, 0.2) is 77.6 Å². The molecule has 2 N–H and O–H groups in total. The molecule has 0 fully saturated rings. The fourth-order valence-corrected chi connectivity index (χ4v) is 3.71. The number of fused-ring (bicyclic) bond motifs is 1. The fourth-order valence-electron chi connectivity index (χ4n) is 3.58. The highest BCUT2D eigenvalue weighted by molar-refractivity contribution is 6.30. The van der Waals surface area contributed by atoms with Gasteiger partial charge in [0.2, 0.25) is 0 Å². The fraction of sp³-hybridized carbons (Fsp3) is 0.154. The average molecular weight is 462 g/mol. The third kappa shape index (κ3) is 5.54. The van der Waals surface area contributed by atoms with Crippen molar-refractivity contribution in [1.29, 1.82) is 0 Å². The zero-order valence-electron chi connectivity index (χ0n) is 18.4. The van der Waals surface area contributed by atoms with Crippen LogP contribution in [0, 0.1) is 6.92 Å². The Balaban J connectivity index is 1.63. The van der Waals surface area contributed by atoms with Gasteiger partial charge < -0.3 is 19.9 Å².